The fourth-order valence-electron chi connectivity index (χ4n) is 2.21. The molecule has 1 aromatic carbocycles. The number of halogens is 1. The average molecular weight is 254 g/mol. The fourth-order valence-corrected chi connectivity index (χ4v) is 2.39. The van der Waals surface area contributed by atoms with Gasteiger partial charge in [0.15, 0.2) is 0 Å². The molecular weight excluding hydrogens is 234 g/mol. The quantitative estimate of drug-likeness (QED) is 0.833. The second-order valence-electron chi connectivity index (χ2n) is 4.66. The molecule has 0 radical (unpaired) electrons. The zero-order chi connectivity index (χ0) is 12.3. The summed E-state index contributed by atoms with van der Waals surface area (Å²) in [7, 11) is 1.72. The van der Waals surface area contributed by atoms with E-state index in [1.807, 2.05) is 18.2 Å². The van der Waals surface area contributed by atoms with Crippen LogP contribution in [0.1, 0.15) is 37.8 Å². The number of hydrogen-bond donors (Lipinski definition) is 1. The fraction of sp³-hybridized carbons (Fsp3) is 0.571. The number of rotatable bonds is 6. The van der Waals surface area contributed by atoms with Crippen LogP contribution in [0.5, 0.6) is 5.75 Å². The number of hydrogen-bond acceptors (Lipinski definition) is 2. The molecule has 1 saturated carbocycles. The van der Waals surface area contributed by atoms with Gasteiger partial charge in [-0.3, -0.25) is 0 Å². The van der Waals surface area contributed by atoms with Crippen molar-refractivity contribution in [2.45, 2.75) is 32.2 Å². The van der Waals surface area contributed by atoms with Gasteiger partial charge < -0.3 is 10.1 Å². The van der Waals surface area contributed by atoms with Crippen molar-refractivity contribution in [2.24, 2.45) is 5.92 Å². The molecular formula is C14H20ClNO. The van der Waals surface area contributed by atoms with Gasteiger partial charge in [0, 0.05) is 16.6 Å². The SMILES string of the molecule is CCCNC(c1cc(Cl)ccc1OC)C1CC1. The van der Waals surface area contributed by atoms with Crippen molar-refractivity contribution in [3.63, 3.8) is 0 Å². The highest BCUT2D eigenvalue weighted by molar-refractivity contribution is 6.30. The Bertz CT molecular complexity index is 376. The van der Waals surface area contributed by atoms with Crippen molar-refractivity contribution in [1.82, 2.24) is 5.32 Å². The molecule has 0 saturated heterocycles. The third kappa shape index (κ3) is 3.14. The van der Waals surface area contributed by atoms with Gasteiger partial charge in [-0.1, -0.05) is 18.5 Å². The minimum atomic E-state index is 0.392. The summed E-state index contributed by atoms with van der Waals surface area (Å²) in [6.45, 7) is 3.23. The molecule has 1 fully saturated rings. The monoisotopic (exact) mass is 253 g/mol. The van der Waals surface area contributed by atoms with Crippen LogP contribution in [0.25, 0.3) is 0 Å². The van der Waals surface area contributed by atoms with Crippen molar-refractivity contribution in [3.8, 4) is 5.75 Å². The van der Waals surface area contributed by atoms with Crippen molar-refractivity contribution in [3.05, 3.63) is 28.8 Å². The predicted molar refractivity (Wildman–Crippen MR) is 71.8 cm³/mol. The summed E-state index contributed by atoms with van der Waals surface area (Å²) in [5.74, 6) is 1.68. The highest BCUT2D eigenvalue weighted by Gasteiger charge is 2.33. The summed E-state index contributed by atoms with van der Waals surface area (Å²) in [5, 5.41) is 4.39. The van der Waals surface area contributed by atoms with Gasteiger partial charge in [-0.05, 0) is 49.9 Å². The largest absolute Gasteiger partial charge is 0.496 e. The summed E-state index contributed by atoms with van der Waals surface area (Å²) < 4.78 is 5.44. The topological polar surface area (TPSA) is 21.3 Å². The number of benzene rings is 1. The molecule has 1 atom stereocenters. The van der Waals surface area contributed by atoms with E-state index < -0.39 is 0 Å². The molecule has 2 rings (SSSR count). The third-order valence-corrected chi connectivity index (χ3v) is 3.47. The van der Waals surface area contributed by atoms with Crippen molar-refractivity contribution in [1.29, 1.82) is 0 Å². The first-order valence-electron chi connectivity index (χ1n) is 6.33. The molecule has 1 N–H and O–H groups in total. The van der Waals surface area contributed by atoms with Gasteiger partial charge in [-0.25, -0.2) is 0 Å². The lowest BCUT2D eigenvalue weighted by Crippen LogP contribution is -2.24. The van der Waals surface area contributed by atoms with E-state index in [0.717, 1.165) is 29.7 Å². The Balaban J connectivity index is 2.23. The van der Waals surface area contributed by atoms with Gasteiger partial charge in [0.05, 0.1) is 7.11 Å². The summed E-state index contributed by atoms with van der Waals surface area (Å²) >= 11 is 6.09. The van der Waals surface area contributed by atoms with Gasteiger partial charge in [-0.2, -0.15) is 0 Å². The number of ether oxygens (including phenoxy) is 1. The Kier molecular flexibility index (Phi) is 4.30. The van der Waals surface area contributed by atoms with E-state index >= 15 is 0 Å². The van der Waals surface area contributed by atoms with E-state index in [1.165, 1.54) is 18.4 Å². The standard InChI is InChI=1S/C14H20ClNO/c1-3-8-16-14(10-4-5-10)12-9-11(15)6-7-13(12)17-2/h6-7,9-10,14,16H,3-5,8H2,1-2H3. The lowest BCUT2D eigenvalue weighted by atomic mass is 10.0. The first-order chi connectivity index (χ1) is 8.26. The zero-order valence-corrected chi connectivity index (χ0v) is 11.3. The van der Waals surface area contributed by atoms with Crippen LogP contribution in [-0.4, -0.2) is 13.7 Å². The van der Waals surface area contributed by atoms with E-state index in [1.54, 1.807) is 7.11 Å². The predicted octanol–water partition coefficient (Wildman–Crippen LogP) is 3.80. The van der Waals surface area contributed by atoms with Crippen LogP contribution in [0.2, 0.25) is 5.02 Å². The maximum Gasteiger partial charge on any atom is 0.123 e. The molecule has 1 unspecified atom stereocenters. The maximum absolute atomic E-state index is 6.09. The molecule has 1 aromatic rings. The minimum absolute atomic E-state index is 0.392. The van der Waals surface area contributed by atoms with Crippen LogP contribution in [0.4, 0.5) is 0 Å². The lowest BCUT2D eigenvalue weighted by Gasteiger charge is -2.21. The van der Waals surface area contributed by atoms with Crippen LogP contribution in [-0.2, 0) is 0 Å². The molecule has 0 aliphatic heterocycles. The Morgan fingerprint density at radius 3 is 2.82 bits per heavy atom. The Labute approximate surface area is 108 Å². The molecule has 3 heteroatoms. The summed E-state index contributed by atoms with van der Waals surface area (Å²) in [6.07, 6.45) is 3.75. The summed E-state index contributed by atoms with van der Waals surface area (Å²) in [6, 6.07) is 6.27. The molecule has 0 bridgehead atoms. The summed E-state index contributed by atoms with van der Waals surface area (Å²) in [5.41, 5.74) is 1.20. The molecule has 1 aliphatic carbocycles. The molecule has 0 aromatic heterocycles. The van der Waals surface area contributed by atoms with Gasteiger partial charge in [0.1, 0.15) is 5.75 Å². The lowest BCUT2D eigenvalue weighted by molar-refractivity contribution is 0.391. The normalized spacial score (nSPS) is 16.9. The highest BCUT2D eigenvalue weighted by atomic mass is 35.5. The number of methoxy groups -OCH3 is 1. The molecule has 17 heavy (non-hydrogen) atoms. The highest BCUT2D eigenvalue weighted by Crippen LogP contribution is 2.44. The van der Waals surface area contributed by atoms with E-state index in [9.17, 15) is 0 Å². The smallest absolute Gasteiger partial charge is 0.123 e. The maximum atomic E-state index is 6.09. The molecule has 0 heterocycles. The minimum Gasteiger partial charge on any atom is -0.496 e. The zero-order valence-electron chi connectivity index (χ0n) is 10.5. The van der Waals surface area contributed by atoms with Crippen molar-refractivity contribution >= 4 is 11.6 Å². The third-order valence-electron chi connectivity index (χ3n) is 3.23. The molecule has 2 nitrogen and oxygen atoms in total. The number of nitrogens with one attached hydrogen (secondary N) is 1. The van der Waals surface area contributed by atoms with E-state index in [0.29, 0.717) is 6.04 Å². The summed E-state index contributed by atoms with van der Waals surface area (Å²) in [4.78, 5) is 0. The van der Waals surface area contributed by atoms with E-state index in [-0.39, 0.29) is 0 Å². The molecule has 94 valence electrons. The van der Waals surface area contributed by atoms with Gasteiger partial charge in [0.2, 0.25) is 0 Å². The Morgan fingerprint density at radius 2 is 2.24 bits per heavy atom. The van der Waals surface area contributed by atoms with Crippen molar-refractivity contribution < 1.29 is 4.74 Å². The van der Waals surface area contributed by atoms with Crippen LogP contribution < -0.4 is 10.1 Å². The molecule has 0 spiro atoms. The van der Waals surface area contributed by atoms with E-state index in [4.69, 9.17) is 16.3 Å². The van der Waals surface area contributed by atoms with Crippen LogP contribution in [0.3, 0.4) is 0 Å². The van der Waals surface area contributed by atoms with Gasteiger partial charge >= 0.3 is 0 Å². The van der Waals surface area contributed by atoms with Crippen LogP contribution >= 0.6 is 11.6 Å². The second-order valence-corrected chi connectivity index (χ2v) is 5.09. The Hall–Kier alpha value is -0.730. The van der Waals surface area contributed by atoms with Crippen LogP contribution in [0.15, 0.2) is 18.2 Å². The Morgan fingerprint density at radius 1 is 1.47 bits per heavy atom. The molecule has 1 aliphatic rings. The first kappa shape index (κ1) is 12.7. The van der Waals surface area contributed by atoms with E-state index in [2.05, 4.69) is 12.2 Å². The molecule has 0 amide bonds. The first-order valence-corrected chi connectivity index (χ1v) is 6.71. The second kappa shape index (κ2) is 5.74. The van der Waals surface area contributed by atoms with Gasteiger partial charge in [0.25, 0.3) is 0 Å². The van der Waals surface area contributed by atoms with Crippen LogP contribution in [0, 0.1) is 5.92 Å². The van der Waals surface area contributed by atoms with Gasteiger partial charge in [-0.15, -0.1) is 0 Å². The average Bonchev–Trinajstić information content (AvgIpc) is 3.14. The van der Waals surface area contributed by atoms with Crippen molar-refractivity contribution in [2.75, 3.05) is 13.7 Å².